The number of nitrogens with zero attached hydrogens (tertiary/aromatic N) is 4. The van der Waals surface area contributed by atoms with Gasteiger partial charge in [-0.25, -0.2) is 18.3 Å². The number of halogens is 2. The first-order valence-electron chi connectivity index (χ1n) is 7.92. The molecule has 28 heavy (non-hydrogen) atoms. The molecule has 0 N–H and O–H groups in total. The molecule has 4 rings (SSSR count). The van der Waals surface area contributed by atoms with Gasteiger partial charge in [-0.2, -0.15) is 5.10 Å². The average molecular weight is 388 g/mol. The van der Waals surface area contributed by atoms with E-state index in [1.165, 1.54) is 24.4 Å². The number of rotatable bonds is 3. The minimum atomic E-state index is -0.773. The van der Waals surface area contributed by atoms with E-state index in [4.69, 9.17) is 0 Å². The molecule has 0 bridgehead atoms. The summed E-state index contributed by atoms with van der Waals surface area (Å²) in [6, 6.07) is 7.57. The van der Waals surface area contributed by atoms with Gasteiger partial charge in [-0.05, 0) is 43.1 Å². The van der Waals surface area contributed by atoms with Crippen molar-refractivity contribution in [1.82, 2.24) is 19.6 Å². The molecule has 0 fully saturated rings. The second-order valence-corrected chi connectivity index (χ2v) is 5.89. The molecule has 3 aromatic heterocycles. The monoisotopic (exact) mass is 388 g/mol. The second kappa shape index (κ2) is 7.75. The molecule has 4 aromatic rings. The summed E-state index contributed by atoms with van der Waals surface area (Å²) in [6.45, 7) is 1.62. The SMILES string of the molecule is Cc1nn2c([O-])cc(-c3ccc(C=O)nc3)nc2c1-c1ccc(F)cc1F.[Na+]. The van der Waals surface area contributed by atoms with Crippen molar-refractivity contribution >= 4 is 11.9 Å². The molecule has 0 spiro atoms. The van der Waals surface area contributed by atoms with Crippen LogP contribution in [0.4, 0.5) is 8.78 Å². The van der Waals surface area contributed by atoms with Crippen molar-refractivity contribution in [3.8, 4) is 28.3 Å². The molecular formula is C19H11F2N4NaO2. The van der Waals surface area contributed by atoms with E-state index in [2.05, 4.69) is 15.1 Å². The molecule has 6 nitrogen and oxygen atoms in total. The number of carbonyl (C=O) groups is 1. The van der Waals surface area contributed by atoms with Crippen LogP contribution in [0, 0.1) is 18.6 Å². The molecule has 0 saturated heterocycles. The standard InChI is InChI=1S/C19H12F2N4O2.Na/c1-10-18(14-5-3-12(20)6-15(14)21)19-23-16(7-17(27)25(19)24-10)11-2-4-13(9-26)22-8-11;/h2-9,27H,1H3;/q;+1/p-1. The summed E-state index contributed by atoms with van der Waals surface area (Å²) in [6.07, 6.45) is 2.03. The van der Waals surface area contributed by atoms with E-state index in [1.807, 2.05) is 0 Å². The van der Waals surface area contributed by atoms with Gasteiger partial charge >= 0.3 is 29.6 Å². The molecule has 1 aromatic carbocycles. The van der Waals surface area contributed by atoms with Gasteiger partial charge in [0.05, 0.1) is 17.0 Å². The molecule has 0 aliphatic heterocycles. The predicted octanol–water partition coefficient (Wildman–Crippen LogP) is -0.0650. The molecule has 9 heteroatoms. The third-order valence-corrected chi connectivity index (χ3v) is 4.13. The molecule has 0 atom stereocenters. The van der Waals surface area contributed by atoms with E-state index in [-0.39, 0.29) is 46.5 Å². The minimum absolute atomic E-state index is 0. The number of pyridine rings is 1. The Morgan fingerprint density at radius 2 is 1.93 bits per heavy atom. The average Bonchev–Trinajstić information content (AvgIpc) is 2.98. The number of fused-ring (bicyclic) bond motifs is 1. The number of aryl methyl sites for hydroxylation is 1. The van der Waals surface area contributed by atoms with E-state index in [1.54, 1.807) is 13.0 Å². The summed E-state index contributed by atoms with van der Waals surface area (Å²) in [4.78, 5) is 19.1. The van der Waals surface area contributed by atoms with Crippen LogP contribution in [0.15, 0.2) is 42.6 Å². The van der Waals surface area contributed by atoms with Gasteiger partial charge in [0.1, 0.15) is 17.3 Å². The molecule has 0 aliphatic rings. The van der Waals surface area contributed by atoms with Crippen molar-refractivity contribution < 1.29 is 48.2 Å². The van der Waals surface area contributed by atoms with E-state index in [0.29, 0.717) is 28.8 Å². The van der Waals surface area contributed by atoms with Crippen LogP contribution in [0.25, 0.3) is 28.0 Å². The van der Waals surface area contributed by atoms with Gasteiger partial charge in [0.25, 0.3) is 0 Å². The normalized spacial score (nSPS) is 10.7. The maximum Gasteiger partial charge on any atom is 1.00 e. The molecular weight excluding hydrogens is 377 g/mol. The van der Waals surface area contributed by atoms with Gasteiger partial charge in [0.2, 0.25) is 0 Å². The fourth-order valence-corrected chi connectivity index (χ4v) is 2.88. The van der Waals surface area contributed by atoms with E-state index < -0.39 is 17.5 Å². The van der Waals surface area contributed by atoms with E-state index >= 15 is 0 Å². The third-order valence-electron chi connectivity index (χ3n) is 4.13. The Kier molecular flexibility index (Phi) is 5.55. The topological polar surface area (TPSA) is 83.2 Å². The van der Waals surface area contributed by atoms with Gasteiger partial charge in [-0.3, -0.25) is 9.78 Å². The summed E-state index contributed by atoms with van der Waals surface area (Å²) < 4.78 is 28.6. The largest absolute Gasteiger partial charge is 1.00 e. The van der Waals surface area contributed by atoms with Crippen molar-refractivity contribution in [2.24, 2.45) is 0 Å². The molecule has 0 unspecified atom stereocenters. The summed E-state index contributed by atoms with van der Waals surface area (Å²) in [5, 5.41) is 16.6. The fourth-order valence-electron chi connectivity index (χ4n) is 2.88. The Bertz CT molecular complexity index is 1190. The maximum absolute atomic E-state index is 14.3. The first-order valence-corrected chi connectivity index (χ1v) is 7.92. The first-order chi connectivity index (χ1) is 13.0. The van der Waals surface area contributed by atoms with E-state index in [0.717, 1.165) is 16.6 Å². The van der Waals surface area contributed by atoms with Crippen LogP contribution in [0.2, 0.25) is 0 Å². The minimum Gasteiger partial charge on any atom is -0.858 e. The van der Waals surface area contributed by atoms with Crippen molar-refractivity contribution in [2.75, 3.05) is 0 Å². The number of hydrogen-bond donors (Lipinski definition) is 0. The summed E-state index contributed by atoms with van der Waals surface area (Å²) >= 11 is 0. The summed E-state index contributed by atoms with van der Waals surface area (Å²) in [5.41, 5.74) is 2.02. The quantitative estimate of drug-likeness (QED) is 0.363. The smallest absolute Gasteiger partial charge is 0.858 e. The van der Waals surface area contributed by atoms with Crippen molar-refractivity contribution in [3.05, 3.63) is 65.6 Å². The van der Waals surface area contributed by atoms with Gasteiger partial charge in [0.15, 0.2) is 11.9 Å². The number of aldehydes is 1. The van der Waals surface area contributed by atoms with Crippen molar-refractivity contribution in [3.63, 3.8) is 0 Å². The molecule has 3 heterocycles. The first kappa shape index (κ1) is 20.1. The molecule has 134 valence electrons. The fraction of sp³-hybridized carbons (Fsp3) is 0.0526. The van der Waals surface area contributed by atoms with Crippen LogP contribution < -0.4 is 34.7 Å². The Balaban J connectivity index is 0.00000225. The van der Waals surface area contributed by atoms with Gasteiger partial charge in [-0.15, -0.1) is 0 Å². The Hall–Kier alpha value is -2.68. The van der Waals surface area contributed by atoms with Crippen LogP contribution >= 0.6 is 0 Å². The Morgan fingerprint density at radius 1 is 1.14 bits per heavy atom. The Labute approximate surface area is 180 Å². The van der Waals surface area contributed by atoms with Gasteiger partial charge < -0.3 is 5.11 Å². The van der Waals surface area contributed by atoms with Gasteiger partial charge in [-0.1, -0.05) is 0 Å². The summed E-state index contributed by atoms with van der Waals surface area (Å²) in [5.74, 6) is -1.93. The summed E-state index contributed by atoms with van der Waals surface area (Å²) in [7, 11) is 0. The number of aromatic nitrogens is 4. The third kappa shape index (κ3) is 3.42. The zero-order chi connectivity index (χ0) is 19.1. The molecule has 0 aliphatic carbocycles. The van der Waals surface area contributed by atoms with Crippen LogP contribution in [0.1, 0.15) is 16.2 Å². The Morgan fingerprint density at radius 3 is 2.57 bits per heavy atom. The zero-order valence-electron chi connectivity index (χ0n) is 15.0. The number of hydrogen-bond acceptors (Lipinski definition) is 5. The van der Waals surface area contributed by atoms with Crippen LogP contribution in [0.5, 0.6) is 5.88 Å². The van der Waals surface area contributed by atoms with Crippen LogP contribution in [0.3, 0.4) is 0 Å². The molecule has 0 saturated carbocycles. The van der Waals surface area contributed by atoms with E-state index in [9.17, 15) is 18.7 Å². The van der Waals surface area contributed by atoms with Crippen LogP contribution in [-0.4, -0.2) is 25.9 Å². The van der Waals surface area contributed by atoms with Crippen LogP contribution in [-0.2, 0) is 0 Å². The van der Waals surface area contributed by atoms with Crippen molar-refractivity contribution in [1.29, 1.82) is 0 Å². The van der Waals surface area contributed by atoms with Crippen molar-refractivity contribution in [2.45, 2.75) is 6.92 Å². The predicted molar refractivity (Wildman–Crippen MR) is 91.1 cm³/mol. The number of carbonyl (C=O) groups excluding carboxylic acids is 1. The second-order valence-electron chi connectivity index (χ2n) is 5.89. The molecule has 0 amide bonds. The molecule has 0 radical (unpaired) electrons. The zero-order valence-corrected chi connectivity index (χ0v) is 17.0. The van der Waals surface area contributed by atoms with Gasteiger partial charge in [0, 0.05) is 23.4 Å². The number of benzene rings is 1. The maximum atomic E-state index is 14.3.